The molecule has 2 bridgehead atoms. The minimum atomic E-state index is -1.73. The highest BCUT2D eigenvalue weighted by Crippen LogP contribution is 2.60. The monoisotopic (exact) mass is 322 g/mol. The summed E-state index contributed by atoms with van der Waals surface area (Å²) in [5.41, 5.74) is 1.28. The summed E-state index contributed by atoms with van der Waals surface area (Å²) in [6.07, 6.45) is 6.70. The Hall–Kier alpha value is -0.910. The second-order valence-electron chi connectivity index (χ2n) is 8.05. The van der Waals surface area contributed by atoms with Gasteiger partial charge < -0.3 is 20.1 Å². The van der Waals surface area contributed by atoms with E-state index in [1.165, 1.54) is 11.1 Å². The number of carboxylic acids is 1. The third kappa shape index (κ3) is 2.28. The Morgan fingerprint density at radius 3 is 2.57 bits per heavy atom. The van der Waals surface area contributed by atoms with E-state index in [9.17, 15) is 20.1 Å². The Bertz CT molecular complexity index is 546. The zero-order valence-electron chi connectivity index (χ0n) is 13.5. The van der Waals surface area contributed by atoms with Crippen LogP contribution in [0.25, 0.3) is 0 Å². The number of fused-ring (bicyclic) bond motifs is 1. The van der Waals surface area contributed by atoms with Gasteiger partial charge in [0.15, 0.2) is 5.60 Å². The molecule has 4 aliphatic rings. The van der Waals surface area contributed by atoms with Crippen molar-refractivity contribution in [2.75, 3.05) is 6.61 Å². The van der Waals surface area contributed by atoms with Gasteiger partial charge in [-0.2, -0.15) is 0 Å². The first kappa shape index (κ1) is 15.6. The number of hydrogen-bond acceptors (Lipinski definition) is 4. The highest BCUT2D eigenvalue weighted by atomic mass is 16.5. The zero-order chi connectivity index (χ0) is 16.2. The lowest BCUT2D eigenvalue weighted by Crippen LogP contribution is -2.49. The van der Waals surface area contributed by atoms with Gasteiger partial charge in [-0.25, -0.2) is 4.79 Å². The summed E-state index contributed by atoms with van der Waals surface area (Å²) in [4.78, 5) is 11.6. The van der Waals surface area contributed by atoms with Crippen molar-refractivity contribution in [3.05, 3.63) is 11.1 Å². The van der Waals surface area contributed by atoms with E-state index in [4.69, 9.17) is 4.74 Å². The molecule has 0 amide bonds. The van der Waals surface area contributed by atoms with E-state index in [0.29, 0.717) is 18.9 Å². The predicted octanol–water partition coefficient (Wildman–Crippen LogP) is 2.01. The van der Waals surface area contributed by atoms with Gasteiger partial charge in [-0.15, -0.1) is 0 Å². The second-order valence-corrected chi connectivity index (χ2v) is 8.05. The van der Waals surface area contributed by atoms with Crippen LogP contribution in [0, 0.1) is 11.3 Å². The van der Waals surface area contributed by atoms with Gasteiger partial charge in [0.25, 0.3) is 0 Å². The number of carbonyl (C=O) groups is 1. The average Bonchev–Trinajstić information content (AvgIpc) is 3.08. The lowest BCUT2D eigenvalue weighted by atomic mass is 9.73. The van der Waals surface area contributed by atoms with Crippen LogP contribution in [0.15, 0.2) is 11.1 Å². The van der Waals surface area contributed by atoms with E-state index in [1.54, 1.807) is 0 Å². The molecule has 3 saturated carbocycles. The predicted molar refractivity (Wildman–Crippen MR) is 82.8 cm³/mol. The van der Waals surface area contributed by atoms with Gasteiger partial charge in [-0.05, 0) is 63.7 Å². The fraction of sp³-hybridized carbons (Fsp3) is 0.833. The first-order valence-corrected chi connectivity index (χ1v) is 8.91. The molecule has 1 aliphatic heterocycles. The SMILES string of the molecule is O=C(O)[C@@]1(O)CC[C@H]2C(=C3CCC(O)CC3)CC[C@@]23COC1C3. The molecule has 128 valence electrons. The van der Waals surface area contributed by atoms with Gasteiger partial charge in [0.05, 0.1) is 18.8 Å². The van der Waals surface area contributed by atoms with Crippen LogP contribution < -0.4 is 0 Å². The lowest BCUT2D eigenvalue weighted by molar-refractivity contribution is -0.174. The summed E-state index contributed by atoms with van der Waals surface area (Å²) in [6, 6.07) is 0. The fourth-order valence-electron chi connectivity index (χ4n) is 5.52. The van der Waals surface area contributed by atoms with E-state index in [2.05, 4.69) is 0 Å². The molecule has 0 aromatic rings. The smallest absolute Gasteiger partial charge is 0.338 e. The maximum absolute atomic E-state index is 11.6. The molecule has 1 heterocycles. The van der Waals surface area contributed by atoms with E-state index >= 15 is 0 Å². The van der Waals surface area contributed by atoms with E-state index < -0.39 is 17.7 Å². The number of rotatable bonds is 1. The van der Waals surface area contributed by atoms with E-state index in [0.717, 1.165) is 44.9 Å². The molecule has 5 heteroatoms. The van der Waals surface area contributed by atoms with Crippen LogP contribution in [0.4, 0.5) is 0 Å². The number of carboxylic acid groups (broad SMARTS) is 1. The molecule has 1 spiro atoms. The molecule has 3 aliphatic carbocycles. The Kier molecular flexibility index (Phi) is 3.59. The summed E-state index contributed by atoms with van der Waals surface area (Å²) in [7, 11) is 0. The lowest BCUT2D eigenvalue weighted by Gasteiger charge is -2.32. The van der Waals surface area contributed by atoms with Crippen molar-refractivity contribution in [3.63, 3.8) is 0 Å². The zero-order valence-corrected chi connectivity index (χ0v) is 13.5. The number of allylic oxidation sites excluding steroid dienone is 2. The van der Waals surface area contributed by atoms with Crippen LogP contribution in [-0.4, -0.2) is 45.7 Å². The molecule has 0 aromatic carbocycles. The summed E-state index contributed by atoms with van der Waals surface area (Å²) < 4.78 is 5.80. The number of ether oxygens (including phenoxy) is 1. The molecule has 1 saturated heterocycles. The van der Waals surface area contributed by atoms with Crippen LogP contribution in [0.2, 0.25) is 0 Å². The minimum absolute atomic E-state index is 0.0307. The molecule has 4 rings (SSSR count). The normalized spacial score (nSPS) is 46.6. The second kappa shape index (κ2) is 5.30. The van der Waals surface area contributed by atoms with E-state index in [-0.39, 0.29) is 17.9 Å². The first-order valence-electron chi connectivity index (χ1n) is 8.91. The standard InChI is InChI=1S/C18H26O5/c19-12-3-1-11(2-4-12)13-5-7-17-9-15(23-10-17)18(22,16(20)21)8-6-14(13)17/h12,14-15,19,22H,1-10H2,(H,20,21)/t12?,14-,15?,17+,18+/m0/s1. The number of hydrogen-bond donors (Lipinski definition) is 3. The van der Waals surface area contributed by atoms with Crippen LogP contribution in [0.1, 0.15) is 57.8 Å². The Morgan fingerprint density at radius 2 is 1.87 bits per heavy atom. The van der Waals surface area contributed by atoms with Crippen molar-refractivity contribution in [2.24, 2.45) is 11.3 Å². The molecule has 23 heavy (non-hydrogen) atoms. The van der Waals surface area contributed by atoms with E-state index in [1.807, 2.05) is 0 Å². The van der Waals surface area contributed by atoms with Crippen molar-refractivity contribution in [1.29, 1.82) is 0 Å². The van der Waals surface area contributed by atoms with Crippen molar-refractivity contribution >= 4 is 5.97 Å². The number of aliphatic hydroxyl groups is 2. The van der Waals surface area contributed by atoms with Crippen LogP contribution in [0.3, 0.4) is 0 Å². The molecule has 4 fully saturated rings. The molecule has 1 unspecified atom stereocenters. The molecular weight excluding hydrogens is 296 g/mol. The van der Waals surface area contributed by atoms with Crippen LogP contribution in [-0.2, 0) is 9.53 Å². The largest absolute Gasteiger partial charge is 0.479 e. The maximum Gasteiger partial charge on any atom is 0.338 e. The fourth-order valence-corrected chi connectivity index (χ4v) is 5.52. The van der Waals surface area contributed by atoms with Gasteiger partial charge in [-0.1, -0.05) is 11.1 Å². The van der Waals surface area contributed by atoms with Crippen LogP contribution >= 0.6 is 0 Å². The van der Waals surface area contributed by atoms with Gasteiger partial charge in [-0.3, -0.25) is 0 Å². The first-order chi connectivity index (χ1) is 10.9. The van der Waals surface area contributed by atoms with Crippen molar-refractivity contribution in [2.45, 2.75) is 75.6 Å². The minimum Gasteiger partial charge on any atom is -0.479 e. The van der Waals surface area contributed by atoms with Crippen LogP contribution in [0.5, 0.6) is 0 Å². The molecule has 0 radical (unpaired) electrons. The van der Waals surface area contributed by atoms with Gasteiger partial charge in [0.1, 0.15) is 0 Å². The number of aliphatic hydroxyl groups excluding tert-OH is 1. The van der Waals surface area contributed by atoms with Gasteiger partial charge in [0, 0.05) is 5.41 Å². The highest BCUT2D eigenvalue weighted by molar-refractivity contribution is 5.78. The average molecular weight is 322 g/mol. The van der Waals surface area contributed by atoms with Gasteiger partial charge >= 0.3 is 5.97 Å². The Labute approximate surface area is 136 Å². The number of aliphatic carboxylic acids is 1. The molecule has 5 nitrogen and oxygen atoms in total. The molecule has 4 atom stereocenters. The summed E-state index contributed by atoms with van der Waals surface area (Å²) >= 11 is 0. The molecular formula is C18H26O5. The summed E-state index contributed by atoms with van der Waals surface area (Å²) in [5, 5.41) is 29.8. The quantitative estimate of drug-likeness (QED) is 0.643. The molecule has 0 aromatic heterocycles. The van der Waals surface area contributed by atoms with Crippen molar-refractivity contribution < 1.29 is 24.9 Å². The summed E-state index contributed by atoms with van der Waals surface area (Å²) in [6.45, 7) is 0.581. The Balaban J connectivity index is 1.65. The Morgan fingerprint density at radius 1 is 1.13 bits per heavy atom. The third-order valence-corrected chi connectivity index (χ3v) is 6.95. The van der Waals surface area contributed by atoms with Crippen molar-refractivity contribution in [3.8, 4) is 0 Å². The topological polar surface area (TPSA) is 87.0 Å². The maximum atomic E-state index is 11.6. The summed E-state index contributed by atoms with van der Waals surface area (Å²) in [5.74, 6) is -0.791. The third-order valence-electron chi connectivity index (χ3n) is 6.95. The molecule has 3 N–H and O–H groups in total. The van der Waals surface area contributed by atoms with Gasteiger partial charge in [0.2, 0.25) is 0 Å². The highest BCUT2D eigenvalue weighted by Gasteiger charge is 2.60. The van der Waals surface area contributed by atoms with Crippen molar-refractivity contribution in [1.82, 2.24) is 0 Å².